The van der Waals surface area contributed by atoms with Gasteiger partial charge in [0.1, 0.15) is 12.4 Å². The number of para-hydroxylation sites is 1. The summed E-state index contributed by atoms with van der Waals surface area (Å²) in [5.41, 5.74) is 0.438. The largest absolute Gasteiger partial charge is 0.349 e. The number of carbonyl (C=O) groups is 1. The number of hydrogen-bond donors (Lipinski definition) is 1. The summed E-state index contributed by atoms with van der Waals surface area (Å²) in [4.78, 5) is 16.3. The van der Waals surface area contributed by atoms with Crippen molar-refractivity contribution in [2.45, 2.75) is 6.54 Å². The molecule has 0 fully saturated rings. The van der Waals surface area contributed by atoms with Gasteiger partial charge in [-0.15, -0.1) is 0 Å². The van der Waals surface area contributed by atoms with Crippen molar-refractivity contribution in [1.29, 1.82) is 0 Å². The molecule has 0 bridgehead atoms. The van der Waals surface area contributed by atoms with Gasteiger partial charge in [-0.05, 0) is 24.3 Å². The fourth-order valence-electron chi connectivity index (χ4n) is 2.02. The standard InChI is InChI=1S/C16H19FN4O3S/c1-20(2)25(23,24)21(15-9-4-3-8-14(15)17)12-16(22)19-11-13-7-5-6-10-18-13/h3-10H,11-12H2,1-2H3,(H,19,22). The van der Waals surface area contributed by atoms with Crippen LogP contribution in [0.1, 0.15) is 5.69 Å². The first-order chi connectivity index (χ1) is 11.8. The van der Waals surface area contributed by atoms with Gasteiger partial charge in [0, 0.05) is 20.3 Å². The van der Waals surface area contributed by atoms with Crippen molar-refractivity contribution < 1.29 is 17.6 Å². The summed E-state index contributed by atoms with van der Waals surface area (Å²) < 4.78 is 40.7. The minimum atomic E-state index is -4.04. The molecule has 0 spiro atoms. The van der Waals surface area contributed by atoms with Crippen LogP contribution in [0.4, 0.5) is 10.1 Å². The summed E-state index contributed by atoms with van der Waals surface area (Å²) in [5, 5.41) is 2.58. The van der Waals surface area contributed by atoms with Gasteiger partial charge < -0.3 is 5.32 Å². The quantitative estimate of drug-likeness (QED) is 0.797. The van der Waals surface area contributed by atoms with Gasteiger partial charge in [-0.25, -0.2) is 8.70 Å². The number of anilines is 1. The van der Waals surface area contributed by atoms with Crippen LogP contribution in [0.3, 0.4) is 0 Å². The number of nitrogens with zero attached hydrogens (tertiary/aromatic N) is 3. The molecular formula is C16H19FN4O3S. The fraction of sp³-hybridized carbons (Fsp3) is 0.250. The number of pyridine rings is 1. The highest BCUT2D eigenvalue weighted by atomic mass is 32.2. The molecule has 0 aliphatic rings. The highest BCUT2D eigenvalue weighted by Crippen LogP contribution is 2.22. The van der Waals surface area contributed by atoms with Crippen LogP contribution in [-0.2, 0) is 21.5 Å². The van der Waals surface area contributed by atoms with Gasteiger partial charge in [-0.3, -0.25) is 9.78 Å². The van der Waals surface area contributed by atoms with E-state index < -0.39 is 28.5 Å². The van der Waals surface area contributed by atoms with E-state index in [1.807, 2.05) is 0 Å². The normalized spacial score (nSPS) is 11.4. The Morgan fingerprint density at radius 1 is 1.16 bits per heavy atom. The first kappa shape index (κ1) is 18.8. The maximum atomic E-state index is 14.1. The van der Waals surface area contributed by atoms with E-state index in [0.29, 0.717) is 5.69 Å². The van der Waals surface area contributed by atoms with E-state index in [4.69, 9.17) is 0 Å². The van der Waals surface area contributed by atoms with Crippen LogP contribution in [0.2, 0.25) is 0 Å². The van der Waals surface area contributed by atoms with Crippen molar-refractivity contribution >= 4 is 21.8 Å². The van der Waals surface area contributed by atoms with Crippen LogP contribution in [0.5, 0.6) is 0 Å². The predicted molar refractivity (Wildman–Crippen MR) is 92.4 cm³/mol. The Balaban J connectivity index is 2.19. The lowest BCUT2D eigenvalue weighted by Gasteiger charge is -2.27. The molecule has 0 radical (unpaired) electrons. The maximum absolute atomic E-state index is 14.1. The Morgan fingerprint density at radius 2 is 1.84 bits per heavy atom. The van der Waals surface area contributed by atoms with E-state index in [9.17, 15) is 17.6 Å². The summed E-state index contributed by atoms with van der Waals surface area (Å²) in [6, 6.07) is 10.6. The van der Waals surface area contributed by atoms with Crippen LogP contribution in [0.25, 0.3) is 0 Å². The number of benzene rings is 1. The Morgan fingerprint density at radius 3 is 2.44 bits per heavy atom. The topological polar surface area (TPSA) is 82.6 Å². The van der Waals surface area contributed by atoms with Crippen molar-refractivity contribution in [2.24, 2.45) is 0 Å². The highest BCUT2D eigenvalue weighted by Gasteiger charge is 2.29. The molecule has 0 saturated heterocycles. The van der Waals surface area contributed by atoms with Gasteiger partial charge in [0.15, 0.2) is 0 Å². The van der Waals surface area contributed by atoms with Crippen molar-refractivity contribution in [3.8, 4) is 0 Å². The lowest BCUT2D eigenvalue weighted by Crippen LogP contribution is -2.46. The molecule has 0 aliphatic heterocycles. The number of aromatic nitrogens is 1. The van der Waals surface area contributed by atoms with Crippen molar-refractivity contribution in [1.82, 2.24) is 14.6 Å². The molecular weight excluding hydrogens is 347 g/mol. The number of nitrogens with one attached hydrogen (secondary N) is 1. The second-order valence-corrected chi connectivity index (χ2v) is 7.41. The van der Waals surface area contributed by atoms with Gasteiger partial charge in [-0.2, -0.15) is 12.7 Å². The van der Waals surface area contributed by atoms with Gasteiger partial charge >= 0.3 is 10.2 Å². The number of hydrogen-bond acceptors (Lipinski definition) is 4. The first-order valence-electron chi connectivity index (χ1n) is 7.43. The van der Waals surface area contributed by atoms with Gasteiger partial charge in [-0.1, -0.05) is 18.2 Å². The second kappa shape index (κ2) is 8.04. The van der Waals surface area contributed by atoms with Crippen LogP contribution < -0.4 is 9.62 Å². The maximum Gasteiger partial charge on any atom is 0.304 e. The average Bonchev–Trinajstić information content (AvgIpc) is 2.59. The minimum Gasteiger partial charge on any atom is -0.349 e. The molecule has 2 aromatic rings. The monoisotopic (exact) mass is 366 g/mol. The molecule has 0 atom stereocenters. The molecule has 1 aromatic heterocycles. The highest BCUT2D eigenvalue weighted by molar-refractivity contribution is 7.90. The number of rotatable bonds is 7. The first-order valence-corrected chi connectivity index (χ1v) is 8.83. The molecule has 25 heavy (non-hydrogen) atoms. The molecule has 9 heteroatoms. The van der Waals surface area contributed by atoms with Crippen LogP contribution in [-0.4, -0.2) is 44.3 Å². The SMILES string of the molecule is CN(C)S(=O)(=O)N(CC(=O)NCc1ccccn1)c1ccccc1F. The summed E-state index contributed by atoms with van der Waals surface area (Å²) in [6.45, 7) is -0.402. The summed E-state index contributed by atoms with van der Waals surface area (Å²) in [6.07, 6.45) is 1.59. The molecule has 2 rings (SSSR count). The third kappa shape index (κ3) is 4.74. The Labute approximate surface area is 146 Å². The van der Waals surface area contributed by atoms with Crippen LogP contribution >= 0.6 is 0 Å². The molecule has 0 saturated carbocycles. The lowest BCUT2D eigenvalue weighted by molar-refractivity contribution is -0.119. The minimum absolute atomic E-state index is 0.146. The van der Waals surface area contributed by atoms with Gasteiger partial charge in [0.25, 0.3) is 0 Å². The van der Waals surface area contributed by atoms with E-state index in [1.165, 1.54) is 32.3 Å². The Bertz CT molecular complexity index is 828. The molecule has 1 heterocycles. The third-order valence-electron chi connectivity index (χ3n) is 3.34. The zero-order valence-corrected chi connectivity index (χ0v) is 14.7. The van der Waals surface area contributed by atoms with Crippen molar-refractivity contribution in [2.75, 3.05) is 24.9 Å². The predicted octanol–water partition coefficient (Wildman–Crippen LogP) is 1.15. The zero-order chi connectivity index (χ0) is 18.4. The average molecular weight is 366 g/mol. The van der Waals surface area contributed by atoms with Crippen LogP contribution in [0.15, 0.2) is 48.7 Å². The Hall–Kier alpha value is -2.52. The fourth-order valence-corrected chi connectivity index (χ4v) is 3.09. The number of halogens is 1. The second-order valence-electron chi connectivity index (χ2n) is 5.35. The summed E-state index contributed by atoms with van der Waals surface area (Å²) in [7, 11) is -1.41. The summed E-state index contributed by atoms with van der Waals surface area (Å²) >= 11 is 0. The van der Waals surface area contributed by atoms with Gasteiger partial charge in [0.2, 0.25) is 5.91 Å². The molecule has 1 N–H and O–H groups in total. The van der Waals surface area contributed by atoms with Crippen LogP contribution in [0, 0.1) is 5.82 Å². The van der Waals surface area contributed by atoms with Crippen molar-refractivity contribution in [3.05, 3.63) is 60.2 Å². The molecule has 0 unspecified atom stereocenters. The third-order valence-corrected chi connectivity index (χ3v) is 5.15. The van der Waals surface area contributed by atoms with E-state index in [1.54, 1.807) is 24.4 Å². The molecule has 134 valence electrons. The summed E-state index contributed by atoms with van der Waals surface area (Å²) in [5.74, 6) is -1.30. The van der Waals surface area contributed by atoms with Crippen molar-refractivity contribution in [3.63, 3.8) is 0 Å². The smallest absolute Gasteiger partial charge is 0.304 e. The molecule has 0 aliphatic carbocycles. The van der Waals surface area contributed by atoms with Gasteiger partial charge in [0.05, 0.1) is 17.9 Å². The zero-order valence-electron chi connectivity index (χ0n) is 13.9. The Kier molecular flexibility index (Phi) is 6.05. The number of amides is 1. The lowest BCUT2D eigenvalue weighted by atomic mass is 10.3. The molecule has 7 nitrogen and oxygen atoms in total. The molecule has 1 amide bonds. The van der Waals surface area contributed by atoms with E-state index in [-0.39, 0.29) is 12.2 Å². The molecule has 1 aromatic carbocycles. The van der Waals surface area contributed by atoms with E-state index >= 15 is 0 Å². The van der Waals surface area contributed by atoms with E-state index in [0.717, 1.165) is 14.7 Å². The number of carbonyl (C=O) groups excluding carboxylic acids is 1. The van der Waals surface area contributed by atoms with E-state index in [2.05, 4.69) is 10.3 Å².